The van der Waals surface area contributed by atoms with Gasteiger partial charge in [0.25, 0.3) is 5.91 Å². The molecule has 1 unspecified atom stereocenters. The zero-order valence-electron chi connectivity index (χ0n) is 19.3. The number of nitrogens with one attached hydrogen (secondary N) is 1. The fraction of sp³-hybridized carbons (Fsp3) is 0.680. The number of carbonyl (C=O) groups excluding carboxylic acids is 2. The number of hydrogen-bond acceptors (Lipinski definition) is 4. The number of thiophene rings is 1. The van der Waals surface area contributed by atoms with E-state index in [2.05, 4.69) is 26.2 Å². The van der Waals surface area contributed by atoms with E-state index in [-0.39, 0.29) is 17.9 Å². The van der Waals surface area contributed by atoms with E-state index in [1.165, 1.54) is 38.5 Å². The Morgan fingerprint density at radius 2 is 1.88 bits per heavy atom. The van der Waals surface area contributed by atoms with Crippen molar-refractivity contribution < 1.29 is 9.59 Å². The molecule has 0 aromatic carbocycles. The highest BCUT2D eigenvalue weighted by molar-refractivity contribution is 7.17. The van der Waals surface area contributed by atoms with Crippen molar-refractivity contribution in [3.8, 4) is 0 Å². The van der Waals surface area contributed by atoms with Gasteiger partial charge in [0.15, 0.2) is 0 Å². The normalized spacial score (nSPS) is 25.3. The number of aromatic nitrogens is 1. The van der Waals surface area contributed by atoms with Crippen LogP contribution in [-0.2, 0) is 11.3 Å². The second-order valence-electron chi connectivity index (χ2n) is 10.1. The number of rotatable bonds is 6. The standard InChI is InChI=1S/C25H36N4O2S/c1-25(24(31)26-19-9-4-2-5-10-19)18-28-20-11-16-32-22(20)17-21(28)23(30)29(25)15-8-14-27-12-6-3-7-13-27/h11,16-17,19H,2-10,12-15,18H2,1H3,(H,26,31). The molecular formula is C25H36N4O2S. The monoisotopic (exact) mass is 456 g/mol. The molecule has 6 nitrogen and oxygen atoms in total. The minimum atomic E-state index is -0.864. The summed E-state index contributed by atoms with van der Waals surface area (Å²) in [6, 6.07) is 4.33. The van der Waals surface area contributed by atoms with E-state index in [0.29, 0.717) is 13.1 Å². The minimum Gasteiger partial charge on any atom is -0.351 e. The lowest BCUT2D eigenvalue weighted by atomic mass is 9.91. The van der Waals surface area contributed by atoms with Crippen molar-refractivity contribution in [2.45, 2.75) is 82.8 Å². The lowest BCUT2D eigenvalue weighted by Gasteiger charge is -2.45. The van der Waals surface area contributed by atoms with Crippen molar-refractivity contribution in [1.29, 1.82) is 0 Å². The van der Waals surface area contributed by atoms with Gasteiger partial charge in [0.05, 0.1) is 16.8 Å². The maximum absolute atomic E-state index is 13.7. The topological polar surface area (TPSA) is 57.6 Å². The third-order valence-electron chi connectivity index (χ3n) is 7.78. The Balaban J connectivity index is 1.38. The molecule has 1 atom stereocenters. The van der Waals surface area contributed by atoms with Gasteiger partial charge in [-0.25, -0.2) is 0 Å². The van der Waals surface area contributed by atoms with Gasteiger partial charge in [-0.15, -0.1) is 11.3 Å². The molecule has 2 amide bonds. The second kappa shape index (κ2) is 9.18. The molecule has 32 heavy (non-hydrogen) atoms. The van der Waals surface area contributed by atoms with E-state index >= 15 is 0 Å². The molecule has 1 N–H and O–H groups in total. The maximum Gasteiger partial charge on any atom is 0.271 e. The highest BCUT2D eigenvalue weighted by Gasteiger charge is 2.48. The highest BCUT2D eigenvalue weighted by atomic mass is 32.1. The van der Waals surface area contributed by atoms with Crippen molar-refractivity contribution in [1.82, 2.24) is 19.7 Å². The lowest BCUT2D eigenvalue weighted by Crippen LogP contribution is -2.65. The Morgan fingerprint density at radius 3 is 2.66 bits per heavy atom. The van der Waals surface area contributed by atoms with Gasteiger partial charge >= 0.3 is 0 Å². The summed E-state index contributed by atoms with van der Waals surface area (Å²) >= 11 is 1.66. The first-order valence-corrected chi connectivity index (χ1v) is 13.4. The highest BCUT2D eigenvalue weighted by Crippen LogP contribution is 2.35. The van der Waals surface area contributed by atoms with Gasteiger partial charge in [0.1, 0.15) is 11.2 Å². The van der Waals surface area contributed by atoms with Crippen LogP contribution in [0.5, 0.6) is 0 Å². The van der Waals surface area contributed by atoms with Crippen LogP contribution in [0.1, 0.15) is 75.2 Å². The number of hydrogen-bond donors (Lipinski definition) is 1. The number of amides is 2. The molecule has 5 rings (SSSR count). The van der Waals surface area contributed by atoms with Crippen LogP contribution >= 0.6 is 11.3 Å². The van der Waals surface area contributed by atoms with Crippen LogP contribution in [0.3, 0.4) is 0 Å². The smallest absolute Gasteiger partial charge is 0.271 e. The van der Waals surface area contributed by atoms with Crippen LogP contribution in [0.15, 0.2) is 17.5 Å². The van der Waals surface area contributed by atoms with Crippen molar-refractivity contribution in [2.75, 3.05) is 26.2 Å². The quantitative estimate of drug-likeness (QED) is 0.707. The fourth-order valence-corrected chi connectivity index (χ4v) is 6.67. The van der Waals surface area contributed by atoms with Crippen molar-refractivity contribution >= 4 is 33.4 Å². The Labute approximate surface area is 194 Å². The SMILES string of the molecule is CC1(C(=O)NC2CCCCC2)Cn2c(cc3sccc32)C(=O)N1CCCN1CCCCC1. The average molecular weight is 457 g/mol. The molecule has 2 aromatic heterocycles. The molecule has 2 aliphatic heterocycles. The molecule has 1 saturated heterocycles. The summed E-state index contributed by atoms with van der Waals surface area (Å²) in [7, 11) is 0. The summed E-state index contributed by atoms with van der Waals surface area (Å²) < 4.78 is 3.20. The third-order valence-corrected chi connectivity index (χ3v) is 8.64. The van der Waals surface area contributed by atoms with Gasteiger partial charge in [0, 0.05) is 12.6 Å². The number of nitrogens with zero attached hydrogens (tertiary/aromatic N) is 3. The van der Waals surface area contributed by atoms with Crippen molar-refractivity contribution in [3.05, 3.63) is 23.2 Å². The third kappa shape index (κ3) is 4.10. The Morgan fingerprint density at radius 1 is 1.12 bits per heavy atom. The van der Waals surface area contributed by atoms with Gasteiger partial charge in [-0.3, -0.25) is 9.59 Å². The van der Waals surface area contributed by atoms with Crippen LogP contribution in [0.25, 0.3) is 10.2 Å². The lowest BCUT2D eigenvalue weighted by molar-refractivity contribution is -0.133. The summed E-state index contributed by atoms with van der Waals surface area (Å²) in [5.74, 6) is 0.0121. The summed E-state index contributed by atoms with van der Waals surface area (Å²) in [6.45, 7) is 6.45. The van der Waals surface area contributed by atoms with Crippen LogP contribution in [0.2, 0.25) is 0 Å². The predicted octanol–water partition coefficient (Wildman–Crippen LogP) is 4.24. The largest absolute Gasteiger partial charge is 0.351 e. The Hall–Kier alpha value is -1.86. The van der Waals surface area contributed by atoms with Gasteiger partial charge in [0.2, 0.25) is 5.91 Å². The van der Waals surface area contributed by atoms with Gasteiger partial charge in [-0.1, -0.05) is 25.7 Å². The van der Waals surface area contributed by atoms with E-state index in [4.69, 9.17) is 0 Å². The zero-order valence-corrected chi connectivity index (χ0v) is 20.1. The van der Waals surface area contributed by atoms with Crippen molar-refractivity contribution in [3.63, 3.8) is 0 Å². The van der Waals surface area contributed by atoms with Crippen LogP contribution < -0.4 is 5.32 Å². The van der Waals surface area contributed by atoms with Gasteiger partial charge in [-0.05, 0) is 76.2 Å². The van der Waals surface area contributed by atoms with Gasteiger partial charge in [-0.2, -0.15) is 0 Å². The summed E-state index contributed by atoms with van der Waals surface area (Å²) in [5, 5.41) is 5.39. The van der Waals surface area contributed by atoms with Crippen LogP contribution in [0.4, 0.5) is 0 Å². The Kier molecular flexibility index (Phi) is 6.30. The number of likely N-dealkylation sites (tertiary alicyclic amines) is 1. The molecule has 2 fully saturated rings. The molecule has 0 spiro atoms. The first kappa shape index (κ1) is 22.0. The predicted molar refractivity (Wildman–Crippen MR) is 129 cm³/mol. The molecule has 7 heteroatoms. The minimum absolute atomic E-state index is 0.000381. The number of fused-ring (bicyclic) bond motifs is 3. The zero-order chi connectivity index (χ0) is 22.1. The first-order valence-electron chi connectivity index (χ1n) is 12.5. The van der Waals surface area contributed by atoms with E-state index < -0.39 is 5.54 Å². The first-order chi connectivity index (χ1) is 15.6. The fourth-order valence-electron chi connectivity index (χ4n) is 5.85. The summed E-state index contributed by atoms with van der Waals surface area (Å²) in [6.07, 6.45) is 10.5. The Bertz CT molecular complexity index is 970. The molecule has 1 saturated carbocycles. The average Bonchev–Trinajstić information content (AvgIpc) is 3.40. The maximum atomic E-state index is 13.7. The number of piperidine rings is 1. The second-order valence-corrected chi connectivity index (χ2v) is 11.0. The number of carbonyl (C=O) groups is 2. The van der Waals surface area contributed by atoms with Crippen molar-refractivity contribution in [2.24, 2.45) is 0 Å². The van der Waals surface area contributed by atoms with E-state index in [1.807, 2.05) is 17.9 Å². The molecule has 0 radical (unpaired) electrons. The van der Waals surface area contributed by atoms with E-state index in [9.17, 15) is 9.59 Å². The molecule has 174 valence electrons. The van der Waals surface area contributed by atoms with Crippen LogP contribution in [-0.4, -0.2) is 63.9 Å². The van der Waals surface area contributed by atoms with Gasteiger partial charge < -0.3 is 19.7 Å². The molecule has 3 aliphatic rings. The molecular weight excluding hydrogens is 420 g/mol. The molecule has 1 aliphatic carbocycles. The summed E-state index contributed by atoms with van der Waals surface area (Å²) in [4.78, 5) is 31.8. The van der Waals surface area contributed by atoms with E-state index in [1.54, 1.807) is 11.3 Å². The molecule has 2 aromatic rings. The molecule has 0 bridgehead atoms. The molecule has 4 heterocycles. The summed E-state index contributed by atoms with van der Waals surface area (Å²) in [5.41, 5.74) is 0.938. The van der Waals surface area contributed by atoms with E-state index in [0.717, 1.165) is 54.8 Å². The van der Waals surface area contributed by atoms with Crippen LogP contribution in [0, 0.1) is 0 Å².